The molecule has 0 radical (unpaired) electrons. The molecule has 2 rings (SSSR count). The predicted octanol–water partition coefficient (Wildman–Crippen LogP) is 0.622. The number of carbonyl (C=O) groups is 1. The van der Waals surface area contributed by atoms with E-state index in [1.807, 2.05) is 24.3 Å². The Morgan fingerprint density at radius 1 is 1.53 bits per heavy atom. The molecule has 2 N–H and O–H groups in total. The molecule has 1 amide bonds. The zero-order valence-corrected chi connectivity index (χ0v) is 11.5. The number of carbonyl (C=O) groups excluding carboxylic acids is 1. The van der Waals surface area contributed by atoms with Crippen LogP contribution in [0, 0.1) is 0 Å². The van der Waals surface area contributed by atoms with Crippen molar-refractivity contribution in [3.05, 3.63) is 29.8 Å². The van der Waals surface area contributed by atoms with E-state index < -0.39 is 6.10 Å². The average Bonchev–Trinajstić information content (AvgIpc) is 2.80. The summed E-state index contributed by atoms with van der Waals surface area (Å²) in [6, 6.07) is 7.52. The molecule has 2 atom stereocenters. The van der Waals surface area contributed by atoms with Crippen molar-refractivity contribution >= 4 is 17.7 Å². The van der Waals surface area contributed by atoms with E-state index in [-0.39, 0.29) is 24.4 Å². The summed E-state index contributed by atoms with van der Waals surface area (Å²) in [7, 11) is 1.59. The number of aliphatic hydroxyl groups is 2. The van der Waals surface area contributed by atoms with Crippen molar-refractivity contribution in [3.8, 4) is 5.75 Å². The number of hydrogen-bond acceptors (Lipinski definition) is 5. The molecule has 6 heteroatoms. The first-order valence-corrected chi connectivity index (χ1v) is 7.05. The third-order valence-electron chi connectivity index (χ3n) is 2.99. The van der Waals surface area contributed by atoms with Gasteiger partial charge in [-0.1, -0.05) is 18.2 Å². The van der Waals surface area contributed by atoms with E-state index in [4.69, 9.17) is 9.84 Å². The average molecular weight is 283 g/mol. The summed E-state index contributed by atoms with van der Waals surface area (Å²) in [5.41, 5.74) is 0.908. The van der Waals surface area contributed by atoms with Crippen LogP contribution < -0.4 is 4.74 Å². The zero-order chi connectivity index (χ0) is 13.8. The molecule has 1 heterocycles. The van der Waals surface area contributed by atoms with Gasteiger partial charge in [-0.25, -0.2) is 0 Å². The van der Waals surface area contributed by atoms with Crippen LogP contribution in [0.1, 0.15) is 10.9 Å². The Kier molecular flexibility index (Phi) is 4.68. The number of rotatable bonds is 5. The molecule has 0 spiro atoms. The standard InChI is InChI=1S/C13H17NO4S/c1-18-11-5-3-2-4-10(11)13-14(6-9(16)7-15)12(17)8-19-13/h2-5,9,13,15-16H,6-8H2,1H3. The van der Waals surface area contributed by atoms with Gasteiger partial charge in [-0.2, -0.15) is 0 Å². The number of methoxy groups -OCH3 is 1. The highest BCUT2D eigenvalue weighted by Gasteiger charge is 2.35. The second kappa shape index (κ2) is 6.27. The molecule has 104 valence electrons. The van der Waals surface area contributed by atoms with Gasteiger partial charge in [0.2, 0.25) is 5.91 Å². The number of thioether (sulfide) groups is 1. The molecule has 1 aliphatic heterocycles. The van der Waals surface area contributed by atoms with Gasteiger partial charge >= 0.3 is 0 Å². The molecule has 1 aliphatic rings. The van der Waals surface area contributed by atoms with Crippen molar-refractivity contribution in [1.82, 2.24) is 4.90 Å². The topological polar surface area (TPSA) is 70.0 Å². The summed E-state index contributed by atoms with van der Waals surface area (Å²) < 4.78 is 5.31. The third-order valence-corrected chi connectivity index (χ3v) is 4.23. The highest BCUT2D eigenvalue weighted by Crippen LogP contribution is 2.42. The maximum Gasteiger partial charge on any atom is 0.233 e. The van der Waals surface area contributed by atoms with Gasteiger partial charge in [-0.3, -0.25) is 4.79 Å². The molecule has 1 aromatic carbocycles. The van der Waals surface area contributed by atoms with Gasteiger partial charge in [0.25, 0.3) is 0 Å². The van der Waals surface area contributed by atoms with E-state index in [1.165, 1.54) is 11.8 Å². The SMILES string of the molecule is COc1ccccc1C1SCC(=O)N1CC(O)CO. The second-order valence-corrected chi connectivity index (χ2v) is 5.36. The monoisotopic (exact) mass is 283 g/mol. The summed E-state index contributed by atoms with van der Waals surface area (Å²) in [4.78, 5) is 13.5. The van der Waals surface area contributed by atoms with Gasteiger partial charge in [0.15, 0.2) is 0 Å². The van der Waals surface area contributed by atoms with Crippen LogP contribution in [0.4, 0.5) is 0 Å². The summed E-state index contributed by atoms with van der Waals surface area (Å²) in [6.07, 6.45) is -0.917. The fourth-order valence-electron chi connectivity index (χ4n) is 2.06. The van der Waals surface area contributed by atoms with Crippen LogP contribution in [0.3, 0.4) is 0 Å². The zero-order valence-electron chi connectivity index (χ0n) is 10.7. The molecule has 1 saturated heterocycles. The molecular formula is C13H17NO4S. The first-order chi connectivity index (χ1) is 9.17. The Balaban J connectivity index is 2.24. The lowest BCUT2D eigenvalue weighted by Crippen LogP contribution is -2.37. The normalized spacial score (nSPS) is 20.7. The molecule has 19 heavy (non-hydrogen) atoms. The Morgan fingerprint density at radius 3 is 2.95 bits per heavy atom. The first-order valence-electron chi connectivity index (χ1n) is 6.00. The minimum atomic E-state index is -0.917. The third kappa shape index (κ3) is 3.02. The number of nitrogens with zero attached hydrogens (tertiary/aromatic N) is 1. The Labute approximate surface area is 116 Å². The van der Waals surface area contributed by atoms with Crippen LogP contribution in [-0.2, 0) is 4.79 Å². The Bertz CT molecular complexity index is 454. The van der Waals surface area contributed by atoms with Crippen molar-refractivity contribution in [2.24, 2.45) is 0 Å². The number of hydrogen-bond donors (Lipinski definition) is 2. The molecule has 0 bridgehead atoms. The van der Waals surface area contributed by atoms with Crippen LogP contribution in [-0.4, -0.2) is 53.1 Å². The Hall–Kier alpha value is -1.24. The number of aliphatic hydroxyl groups excluding tert-OH is 2. The van der Waals surface area contributed by atoms with E-state index >= 15 is 0 Å². The van der Waals surface area contributed by atoms with E-state index in [0.717, 1.165) is 11.3 Å². The van der Waals surface area contributed by atoms with Crippen LogP contribution in [0.25, 0.3) is 0 Å². The van der Waals surface area contributed by atoms with E-state index in [2.05, 4.69) is 0 Å². The molecule has 2 unspecified atom stereocenters. The smallest absolute Gasteiger partial charge is 0.233 e. The van der Waals surface area contributed by atoms with Crippen molar-refractivity contribution in [1.29, 1.82) is 0 Å². The second-order valence-electron chi connectivity index (χ2n) is 4.29. The van der Waals surface area contributed by atoms with E-state index in [1.54, 1.807) is 12.0 Å². The number of para-hydroxylation sites is 1. The molecule has 0 saturated carbocycles. The highest BCUT2D eigenvalue weighted by molar-refractivity contribution is 8.00. The van der Waals surface area contributed by atoms with Crippen LogP contribution >= 0.6 is 11.8 Å². The maximum absolute atomic E-state index is 11.9. The van der Waals surface area contributed by atoms with Gasteiger partial charge < -0.3 is 19.8 Å². The van der Waals surface area contributed by atoms with Crippen molar-refractivity contribution in [2.75, 3.05) is 26.0 Å². The summed E-state index contributed by atoms with van der Waals surface area (Å²) in [5, 5.41) is 18.3. The van der Waals surface area contributed by atoms with Crippen molar-refractivity contribution in [3.63, 3.8) is 0 Å². The fraction of sp³-hybridized carbons (Fsp3) is 0.462. The van der Waals surface area contributed by atoms with E-state index in [9.17, 15) is 9.90 Å². The van der Waals surface area contributed by atoms with Gasteiger partial charge in [0.05, 0.1) is 32.1 Å². The quantitative estimate of drug-likeness (QED) is 0.829. The molecule has 1 fully saturated rings. The maximum atomic E-state index is 11.9. The summed E-state index contributed by atoms with van der Waals surface area (Å²) >= 11 is 1.50. The van der Waals surface area contributed by atoms with Crippen LogP contribution in [0.5, 0.6) is 5.75 Å². The molecule has 5 nitrogen and oxygen atoms in total. The van der Waals surface area contributed by atoms with Crippen molar-refractivity contribution < 1.29 is 19.7 Å². The lowest BCUT2D eigenvalue weighted by Gasteiger charge is -2.26. The summed E-state index contributed by atoms with van der Waals surface area (Å²) in [5.74, 6) is 1.06. The molecule has 0 aliphatic carbocycles. The van der Waals surface area contributed by atoms with Gasteiger partial charge in [-0.15, -0.1) is 11.8 Å². The minimum absolute atomic E-state index is 0.0339. The fourth-order valence-corrected chi connectivity index (χ4v) is 3.29. The lowest BCUT2D eigenvalue weighted by molar-refractivity contribution is -0.129. The van der Waals surface area contributed by atoms with Gasteiger partial charge in [-0.05, 0) is 6.07 Å². The summed E-state index contributed by atoms with van der Waals surface area (Å²) in [6.45, 7) is -0.224. The predicted molar refractivity (Wildman–Crippen MR) is 73.0 cm³/mol. The number of β-amino-alcohol motifs (C(OH)–C–C–N with tert-alkyl or cyclic N) is 1. The number of amides is 1. The highest BCUT2D eigenvalue weighted by atomic mass is 32.2. The van der Waals surface area contributed by atoms with E-state index in [0.29, 0.717) is 5.75 Å². The van der Waals surface area contributed by atoms with Crippen LogP contribution in [0.2, 0.25) is 0 Å². The molecule has 0 aromatic heterocycles. The Morgan fingerprint density at radius 2 is 2.26 bits per heavy atom. The largest absolute Gasteiger partial charge is 0.496 e. The van der Waals surface area contributed by atoms with Crippen molar-refractivity contribution in [2.45, 2.75) is 11.5 Å². The van der Waals surface area contributed by atoms with Crippen LogP contribution in [0.15, 0.2) is 24.3 Å². The minimum Gasteiger partial charge on any atom is -0.496 e. The van der Waals surface area contributed by atoms with Gasteiger partial charge in [0, 0.05) is 5.56 Å². The molecule has 1 aromatic rings. The number of ether oxygens (including phenoxy) is 1. The van der Waals surface area contributed by atoms with Gasteiger partial charge in [0.1, 0.15) is 11.1 Å². The first kappa shape index (κ1) is 14.2. The number of benzene rings is 1. The molecular weight excluding hydrogens is 266 g/mol. The lowest BCUT2D eigenvalue weighted by atomic mass is 10.1.